The van der Waals surface area contributed by atoms with Crippen molar-refractivity contribution in [2.75, 3.05) is 11.9 Å². The van der Waals surface area contributed by atoms with Gasteiger partial charge >= 0.3 is 6.03 Å². The zero-order chi connectivity index (χ0) is 22.7. The normalized spacial score (nSPS) is 12.2. The van der Waals surface area contributed by atoms with Crippen LogP contribution in [-0.2, 0) is 0 Å². The Hall–Kier alpha value is -3.81. The molecule has 7 nitrogen and oxygen atoms in total. The Bertz CT molecular complexity index is 1210. The molecule has 2 aromatic carbocycles. The van der Waals surface area contributed by atoms with Crippen LogP contribution in [0.15, 0.2) is 67.4 Å². The predicted molar refractivity (Wildman–Crippen MR) is 122 cm³/mol. The third-order valence-electron chi connectivity index (χ3n) is 5.28. The van der Waals surface area contributed by atoms with Crippen LogP contribution in [0.2, 0.25) is 0 Å². The minimum atomic E-state index is -0.347. The number of fused-ring (bicyclic) bond motifs is 1. The summed E-state index contributed by atoms with van der Waals surface area (Å²) in [7, 11) is 0. The minimum Gasteiger partial charge on any atom is -0.317 e. The number of hydrogen-bond donors (Lipinski definition) is 1. The summed E-state index contributed by atoms with van der Waals surface area (Å²) in [6.07, 6.45) is 4.87. The summed E-state index contributed by atoms with van der Waals surface area (Å²) < 4.78 is 14.9. The number of pyridine rings is 1. The molecule has 1 N–H and O–H groups in total. The molecule has 0 saturated heterocycles. The first-order valence-electron chi connectivity index (χ1n) is 10.5. The van der Waals surface area contributed by atoms with Gasteiger partial charge in [-0.05, 0) is 42.5 Å². The molecular formula is C24H25FN6O. The number of rotatable bonds is 6. The first kappa shape index (κ1) is 21.4. The van der Waals surface area contributed by atoms with Gasteiger partial charge in [-0.3, -0.25) is 0 Å². The highest BCUT2D eigenvalue weighted by molar-refractivity contribution is 5.93. The highest BCUT2D eigenvalue weighted by atomic mass is 19.1. The van der Waals surface area contributed by atoms with Gasteiger partial charge in [-0.25, -0.2) is 23.8 Å². The highest BCUT2D eigenvalue weighted by Crippen LogP contribution is 2.31. The predicted octanol–water partition coefficient (Wildman–Crippen LogP) is 5.21. The Morgan fingerprint density at radius 2 is 1.81 bits per heavy atom. The van der Waals surface area contributed by atoms with E-state index >= 15 is 0 Å². The minimum absolute atomic E-state index is 0.248. The number of carbonyl (C=O) groups is 1. The van der Waals surface area contributed by atoms with Crippen LogP contribution in [0.4, 0.5) is 14.9 Å². The molecule has 2 aromatic heterocycles. The van der Waals surface area contributed by atoms with E-state index in [1.807, 2.05) is 31.2 Å². The number of carbonyl (C=O) groups excluding carboxylic acids is 1. The Balaban J connectivity index is 1.70. The molecule has 164 valence electrons. The van der Waals surface area contributed by atoms with Gasteiger partial charge in [-0.15, -0.1) is 0 Å². The van der Waals surface area contributed by atoms with E-state index < -0.39 is 0 Å². The van der Waals surface area contributed by atoms with Gasteiger partial charge in [0.2, 0.25) is 0 Å². The second kappa shape index (κ2) is 9.13. The Morgan fingerprint density at radius 1 is 1.09 bits per heavy atom. The summed E-state index contributed by atoms with van der Waals surface area (Å²) in [4.78, 5) is 23.7. The van der Waals surface area contributed by atoms with Crippen molar-refractivity contribution in [3.05, 3.63) is 78.8 Å². The number of anilines is 1. The Kier molecular flexibility index (Phi) is 6.11. The molecule has 0 spiro atoms. The average molecular weight is 433 g/mol. The molecule has 1 atom stereocenters. The van der Waals surface area contributed by atoms with Gasteiger partial charge in [0.05, 0.1) is 6.04 Å². The van der Waals surface area contributed by atoms with Gasteiger partial charge in [0.25, 0.3) is 0 Å². The first-order chi connectivity index (χ1) is 15.4. The van der Waals surface area contributed by atoms with Crippen LogP contribution in [0, 0.1) is 11.7 Å². The maximum Gasteiger partial charge on any atom is 0.322 e. The number of hydrogen-bond acceptors (Lipinski definition) is 4. The number of halogens is 1. The third-order valence-corrected chi connectivity index (χ3v) is 5.28. The fraction of sp³-hybridized carbons (Fsp3) is 0.250. The summed E-state index contributed by atoms with van der Waals surface area (Å²) in [5.41, 5.74) is 1.47. The van der Waals surface area contributed by atoms with Crippen molar-refractivity contribution < 1.29 is 9.18 Å². The van der Waals surface area contributed by atoms with Gasteiger partial charge < -0.3 is 10.2 Å². The van der Waals surface area contributed by atoms with Crippen molar-refractivity contribution in [1.82, 2.24) is 24.6 Å². The van der Waals surface area contributed by atoms with Crippen molar-refractivity contribution in [3.63, 3.8) is 0 Å². The lowest BCUT2D eigenvalue weighted by molar-refractivity contribution is 0.184. The summed E-state index contributed by atoms with van der Waals surface area (Å²) in [5.74, 6) is 0.589. The molecule has 2 heterocycles. The van der Waals surface area contributed by atoms with Gasteiger partial charge in [-0.2, -0.15) is 5.10 Å². The van der Waals surface area contributed by atoms with Crippen LogP contribution in [0.3, 0.4) is 0 Å². The molecule has 4 rings (SSSR count). The molecule has 0 fully saturated rings. The van der Waals surface area contributed by atoms with Crippen molar-refractivity contribution in [2.45, 2.75) is 26.8 Å². The fourth-order valence-corrected chi connectivity index (χ4v) is 3.74. The SMILES string of the molecule is CC(C)CN(C(=O)Nc1ccc(F)cc1)C(C)c1cnc(-n2cncn2)c2ccccc12. The largest absolute Gasteiger partial charge is 0.322 e. The van der Waals surface area contributed by atoms with E-state index in [4.69, 9.17) is 0 Å². The molecule has 1 unspecified atom stereocenters. The van der Waals surface area contributed by atoms with Gasteiger partial charge in [0.15, 0.2) is 5.82 Å². The summed E-state index contributed by atoms with van der Waals surface area (Å²) >= 11 is 0. The van der Waals surface area contributed by atoms with E-state index in [0.29, 0.717) is 18.1 Å². The van der Waals surface area contributed by atoms with Crippen molar-refractivity contribution >= 4 is 22.5 Å². The van der Waals surface area contributed by atoms with Crippen molar-refractivity contribution in [3.8, 4) is 5.82 Å². The molecule has 0 saturated carbocycles. The second-order valence-corrected chi connectivity index (χ2v) is 8.08. The molecule has 4 aromatic rings. The number of urea groups is 1. The summed E-state index contributed by atoms with van der Waals surface area (Å²) in [6, 6.07) is 13.2. The zero-order valence-electron chi connectivity index (χ0n) is 18.2. The topological polar surface area (TPSA) is 75.9 Å². The van der Waals surface area contributed by atoms with Crippen LogP contribution in [0.5, 0.6) is 0 Å². The Morgan fingerprint density at radius 3 is 2.47 bits per heavy atom. The molecule has 0 radical (unpaired) electrons. The van der Waals surface area contributed by atoms with Crippen LogP contribution in [0.25, 0.3) is 16.6 Å². The van der Waals surface area contributed by atoms with Gasteiger partial charge in [0.1, 0.15) is 18.5 Å². The molecule has 0 aliphatic heterocycles. The molecule has 0 aliphatic rings. The maximum absolute atomic E-state index is 13.2. The second-order valence-electron chi connectivity index (χ2n) is 8.08. The average Bonchev–Trinajstić information content (AvgIpc) is 3.32. The summed E-state index contributed by atoms with van der Waals surface area (Å²) in [5, 5.41) is 9.00. The third kappa shape index (κ3) is 4.44. The van der Waals surface area contributed by atoms with E-state index in [9.17, 15) is 9.18 Å². The monoisotopic (exact) mass is 432 g/mol. The van der Waals surface area contributed by atoms with E-state index in [1.165, 1.54) is 18.5 Å². The fourth-order valence-electron chi connectivity index (χ4n) is 3.74. The number of nitrogens with zero attached hydrogens (tertiary/aromatic N) is 5. The summed E-state index contributed by atoms with van der Waals surface area (Å²) in [6.45, 7) is 6.67. The van der Waals surface area contributed by atoms with Crippen molar-refractivity contribution in [2.24, 2.45) is 5.92 Å². The number of aromatic nitrogens is 4. The molecule has 8 heteroatoms. The molecule has 0 aliphatic carbocycles. The van der Waals surface area contributed by atoms with E-state index in [-0.39, 0.29) is 23.8 Å². The van der Waals surface area contributed by atoms with Crippen LogP contribution in [-0.4, -0.2) is 37.2 Å². The van der Waals surface area contributed by atoms with E-state index in [0.717, 1.165) is 16.3 Å². The lowest BCUT2D eigenvalue weighted by Crippen LogP contribution is -2.39. The van der Waals surface area contributed by atoms with Crippen molar-refractivity contribution in [1.29, 1.82) is 0 Å². The van der Waals surface area contributed by atoms with Crippen LogP contribution in [0.1, 0.15) is 32.4 Å². The number of amides is 2. The molecule has 2 amide bonds. The quantitative estimate of drug-likeness (QED) is 0.454. The smallest absolute Gasteiger partial charge is 0.317 e. The van der Waals surface area contributed by atoms with Gasteiger partial charge in [0, 0.05) is 29.4 Å². The highest BCUT2D eigenvalue weighted by Gasteiger charge is 2.25. The lowest BCUT2D eigenvalue weighted by atomic mass is 10.00. The molecule has 32 heavy (non-hydrogen) atoms. The molecular weight excluding hydrogens is 407 g/mol. The number of benzene rings is 2. The standard InChI is InChI=1S/C24H25FN6O/c1-16(2)13-30(24(32)29-19-10-8-18(25)9-11-19)17(3)22-12-27-23(31-15-26-14-28-31)21-7-5-4-6-20(21)22/h4-12,14-17H,13H2,1-3H3,(H,29,32). The maximum atomic E-state index is 13.2. The number of nitrogens with one attached hydrogen (secondary N) is 1. The lowest BCUT2D eigenvalue weighted by Gasteiger charge is -2.32. The van der Waals surface area contributed by atoms with Crippen LogP contribution >= 0.6 is 0 Å². The Labute approximate surface area is 185 Å². The van der Waals surface area contributed by atoms with E-state index in [1.54, 1.807) is 34.2 Å². The first-order valence-corrected chi connectivity index (χ1v) is 10.5. The zero-order valence-corrected chi connectivity index (χ0v) is 18.2. The van der Waals surface area contributed by atoms with E-state index in [2.05, 4.69) is 34.2 Å². The van der Waals surface area contributed by atoms with Crippen LogP contribution < -0.4 is 5.32 Å². The van der Waals surface area contributed by atoms with Gasteiger partial charge in [-0.1, -0.05) is 38.1 Å². The molecule has 0 bridgehead atoms.